The predicted molar refractivity (Wildman–Crippen MR) is 111 cm³/mol. The Bertz CT molecular complexity index is 987. The van der Waals surface area contributed by atoms with Crippen LogP contribution in [0.4, 0.5) is 16.2 Å². The van der Waals surface area contributed by atoms with Crippen molar-refractivity contribution < 1.29 is 14.4 Å². The van der Waals surface area contributed by atoms with Crippen molar-refractivity contribution in [2.45, 2.75) is 19.4 Å². The zero-order chi connectivity index (χ0) is 20.7. The fourth-order valence-corrected chi connectivity index (χ4v) is 4.89. The van der Waals surface area contributed by atoms with Crippen molar-refractivity contribution in [2.24, 2.45) is 23.7 Å². The number of amides is 4. The van der Waals surface area contributed by atoms with Crippen molar-refractivity contribution >= 4 is 29.2 Å². The van der Waals surface area contributed by atoms with Crippen LogP contribution in [0, 0.1) is 23.7 Å². The van der Waals surface area contributed by atoms with E-state index in [1.54, 1.807) is 36.7 Å². The van der Waals surface area contributed by atoms with E-state index < -0.39 is 0 Å². The van der Waals surface area contributed by atoms with Crippen molar-refractivity contribution in [3.05, 3.63) is 66.5 Å². The number of benzene rings is 1. The molecule has 2 bridgehead atoms. The topological polar surface area (TPSA) is 91.4 Å². The first kappa shape index (κ1) is 18.5. The summed E-state index contributed by atoms with van der Waals surface area (Å²) in [5.41, 5.74) is 2.09. The van der Waals surface area contributed by atoms with Gasteiger partial charge in [-0.25, -0.2) is 4.79 Å². The Morgan fingerprint density at radius 2 is 1.67 bits per heavy atom. The van der Waals surface area contributed by atoms with Crippen LogP contribution in [0.15, 0.2) is 60.9 Å². The zero-order valence-electron chi connectivity index (χ0n) is 16.3. The summed E-state index contributed by atoms with van der Waals surface area (Å²) in [6.07, 6.45) is 9.42. The minimum atomic E-state index is -0.330. The fourth-order valence-electron chi connectivity index (χ4n) is 4.89. The van der Waals surface area contributed by atoms with E-state index >= 15 is 0 Å². The monoisotopic (exact) mass is 402 g/mol. The number of hydrogen-bond acceptors (Lipinski definition) is 4. The lowest BCUT2D eigenvalue weighted by molar-refractivity contribution is -0.124. The highest BCUT2D eigenvalue weighted by Gasteiger charge is 2.56. The van der Waals surface area contributed by atoms with Crippen molar-refractivity contribution in [1.29, 1.82) is 0 Å². The van der Waals surface area contributed by atoms with E-state index in [9.17, 15) is 14.4 Å². The molecule has 1 aromatic heterocycles. The SMILES string of the molecule is O=C(NCc1ccc(N2C(=O)C3C4C=CC(CC4)C3C2=O)cc1)Nc1cccnc1. The van der Waals surface area contributed by atoms with Crippen LogP contribution in [0.1, 0.15) is 18.4 Å². The van der Waals surface area contributed by atoms with Crippen LogP contribution in [-0.4, -0.2) is 22.8 Å². The summed E-state index contributed by atoms with van der Waals surface area (Å²) in [7, 11) is 0. The molecule has 1 saturated heterocycles. The average Bonchev–Trinajstić information content (AvgIpc) is 3.07. The smallest absolute Gasteiger partial charge is 0.319 e. The van der Waals surface area contributed by atoms with Gasteiger partial charge in [-0.05, 0) is 54.5 Å². The van der Waals surface area contributed by atoms with Gasteiger partial charge in [0, 0.05) is 12.7 Å². The van der Waals surface area contributed by atoms with E-state index in [1.165, 1.54) is 4.90 Å². The molecule has 4 amide bonds. The van der Waals surface area contributed by atoms with Gasteiger partial charge in [-0.1, -0.05) is 24.3 Å². The summed E-state index contributed by atoms with van der Waals surface area (Å²) >= 11 is 0. The number of nitrogens with one attached hydrogen (secondary N) is 2. The quantitative estimate of drug-likeness (QED) is 0.607. The normalized spacial score (nSPS) is 26.6. The number of aromatic nitrogens is 1. The van der Waals surface area contributed by atoms with Crippen LogP contribution in [0.2, 0.25) is 0 Å². The molecule has 7 heteroatoms. The molecule has 0 radical (unpaired) electrons. The molecule has 6 rings (SSSR count). The number of carbonyl (C=O) groups is 3. The van der Waals surface area contributed by atoms with Crippen LogP contribution in [0.3, 0.4) is 0 Å². The van der Waals surface area contributed by atoms with Gasteiger partial charge in [0.2, 0.25) is 11.8 Å². The molecule has 152 valence electrons. The summed E-state index contributed by atoms with van der Waals surface area (Å²) in [6, 6.07) is 10.4. The van der Waals surface area contributed by atoms with E-state index in [0.717, 1.165) is 18.4 Å². The molecule has 2 heterocycles. The second-order valence-corrected chi connectivity index (χ2v) is 8.07. The summed E-state index contributed by atoms with van der Waals surface area (Å²) in [5, 5.41) is 5.49. The van der Waals surface area contributed by atoms with E-state index in [4.69, 9.17) is 0 Å². The van der Waals surface area contributed by atoms with Gasteiger partial charge < -0.3 is 10.6 Å². The fraction of sp³-hybridized carbons (Fsp3) is 0.304. The van der Waals surface area contributed by atoms with Gasteiger partial charge in [-0.3, -0.25) is 19.5 Å². The summed E-state index contributed by atoms with van der Waals surface area (Å²) in [4.78, 5) is 43.3. The Balaban J connectivity index is 1.24. The van der Waals surface area contributed by atoms with Crippen molar-refractivity contribution in [2.75, 3.05) is 10.2 Å². The van der Waals surface area contributed by atoms with Gasteiger partial charge in [-0.2, -0.15) is 0 Å². The van der Waals surface area contributed by atoms with Gasteiger partial charge >= 0.3 is 6.03 Å². The Morgan fingerprint density at radius 1 is 1.00 bits per heavy atom. The lowest BCUT2D eigenvalue weighted by Gasteiger charge is -2.38. The maximum absolute atomic E-state index is 13.0. The Morgan fingerprint density at radius 3 is 2.23 bits per heavy atom. The highest BCUT2D eigenvalue weighted by Crippen LogP contribution is 2.50. The maximum atomic E-state index is 13.0. The summed E-state index contributed by atoms with van der Waals surface area (Å²) in [6.45, 7) is 0.327. The molecule has 0 spiro atoms. The van der Waals surface area contributed by atoms with Gasteiger partial charge in [0.1, 0.15) is 0 Å². The molecule has 1 saturated carbocycles. The van der Waals surface area contributed by atoms with Crippen molar-refractivity contribution in [3.63, 3.8) is 0 Å². The first-order valence-corrected chi connectivity index (χ1v) is 10.2. The average molecular weight is 402 g/mol. The molecule has 4 unspecified atom stereocenters. The van der Waals surface area contributed by atoms with Crippen LogP contribution in [0.25, 0.3) is 0 Å². The molecular formula is C23H22N4O3. The minimum Gasteiger partial charge on any atom is -0.334 e. The standard InChI is InChI=1S/C23H22N4O3/c28-21-19-15-5-6-16(8-7-15)20(19)22(29)27(21)18-9-3-14(4-10-18)12-25-23(30)26-17-2-1-11-24-13-17/h1-6,9-11,13,15-16,19-20H,7-8,12H2,(H2,25,26,30). The molecule has 2 fully saturated rings. The number of fused-ring (bicyclic) bond motifs is 1. The van der Waals surface area contributed by atoms with E-state index in [0.29, 0.717) is 17.9 Å². The van der Waals surface area contributed by atoms with Gasteiger partial charge in [0.25, 0.3) is 0 Å². The molecule has 2 aromatic rings. The van der Waals surface area contributed by atoms with Crippen LogP contribution in [0.5, 0.6) is 0 Å². The number of rotatable bonds is 4. The number of urea groups is 1. The Hall–Kier alpha value is -3.48. The van der Waals surface area contributed by atoms with E-state index in [2.05, 4.69) is 27.8 Å². The van der Waals surface area contributed by atoms with Crippen LogP contribution < -0.4 is 15.5 Å². The molecule has 4 aliphatic rings. The molecule has 1 aromatic carbocycles. The number of imide groups is 1. The molecule has 7 nitrogen and oxygen atoms in total. The Kier molecular flexibility index (Phi) is 4.58. The van der Waals surface area contributed by atoms with Crippen molar-refractivity contribution in [3.8, 4) is 0 Å². The second kappa shape index (κ2) is 7.40. The molecular weight excluding hydrogens is 380 g/mol. The molecule has 3 aliphatic carbocycles. The number of nitrogens with zero attached hydrogens (tertiary/aromatic N) is 2. The summed E-state index contributed by atoms with van der Waals surface area (Å²) < 4.78 is 0. The highest BCUT2D eigenvalue weighted by atomic mass is 16.2. The number of anilines is 2. The van der Waals surface area contributed by atoms with Gasteiger partial charge in [0.05, 0.1) is 29.4 Å². The number of carbonyl (C=O) groups excluding carboxylic acids is 3. The molecule has 30 heavy (non-hydrogen) atoms. The first-order chi connectivity index (χ1) is 14.6. The number of pyridine rings is 1. The highest BCUT2D eigenvalue weighted by molar-refractivity contribution is 6.22. The lowest BCUT2D eigenvalue weighted by atomic mass is 9.63. The maximum Gasteiger partial charge on any atom is 0.319 e. The zero-order valence-corrected chi connectivity index (χ0v) is 16.3. The minimum absolute atomic E-state index is 0.0780. The molecule has 4 atom stereocenters. The number of allylic oxidation sites excluding steroid dienone is 2. The van der Waals surface area contributed by atoms with Gasteiger partial charge in [0.15, 0.2) is 0 Å². The van der Waals surface area contributed by atoms with E-state index in [1.807, 2.05) is 12.1 Å². The van der Waals surface area contributed by atoms with Crippen molar-refractivity contribution in [1.82, 2.24) is 10.3 Å². The van der Waals surface area contributed by atoms with Crippen LogP contribution >= 0.6 is 0 Å². The first-order valence-electron chi connectivity index (χ1n) is 10.2. The largest absolute Gasteiger partial charge is 0.334 e. The third-order valence-corrected chi connectivity index (χ3v) is 6.33. The van der Waals surface area contributed by atoms with E-state index in [-0.39, 0.29) is 41.5 Å². The third kappa shape index (κ3) is 3.16. The number of hydrogen-bond donors (Lipinski definition) is 2. The second-order valence-electron chi connectivity index (χ2n) is 8.07. The molecule has 2 N–H and O–H groups in total. The summed E-state index contributed by atoms with van der Waals surface area (Å²) in [5.74, 6) is -0.208. The lowest BCUT2D eigenvalue weighted by Crippen LogP contribution is -2.38. The Labute approximate surface area is 174 Å². The van der Waals surface area contributed by atoms with Crippen LogP contribution in [-0.2, 0) is 16.1 Å². The van der Waals surface area contributed by atoms with Gasteiger partial charge in [-0.15, -0.1) is 0 Å². The third-order valence-electron chi connectivity index (χ3n) is 6.33. The molecule has 1 aliphatic heterocycles. The predicted octanol–water partition coefficient (Wildman–Crippen LogP) is 3.10.